The fraction of sp³-hybridized carbons (Fsp3) is 0.231. The monoisotopic (exact) mass is 270 g/mol. The van der Waals surface area contributed by atoms with E-state index in [0.717, 1.165) is 0 Å². The zero-order chi connectivity index (χ0) is 14.9. The lowest BCUT2D eigenvalue weighted by Crippen LogP contribution is -2.23. The third kappa shape index (κ3) is 2.02. The summed E-state index contributed by atoms with van der Waals surface area (Å²) in [4.78, 5) is 10.0. The van der Waals surface area contributed by atoms with Crippen molar-refractivity contribution in [1.29, 1.82) is 10.5 Å². The van der Waals surface area contributed by atoms with E-state index in [1.54, 1.807) is 13.8 Å². The number of nitrogens with zero attached hydrogens (tertiary/aromatic N) is 3. The average molecular weight is 270 g/mol. The first-order valence-electron chi connectivity index (χ1n) is 5.72. The Morgan fingerprint density at radius 3 is 2.20 bits per heavy atom. The quantitative estimate of drug-likeness (QED) is 0.651. The van der Waals surface area contributed by atoms with Gasteiger partial charge in [0.1, 0.15) is 10.7 Å². The van der Waals surface area contributed by atoms with Gasteiger partial charge >= 0.3 is 5.88 Å². The highest BCUT2D eigenvalue weighted by Crippen LogP contribution is 2.38. The molecule has 2 rings (SSSR count). The molecule has 1 aliphatic rings. The third-order valence-electron chi connectivity index (χ3n) is 3.08. The lowest BCUT2D eigenvalue weighted by atomic mass is 9.85. The second-order valence-corrected chi connectivity index (χ2v) is 4.29. The Balaban J connectivity index is 2.59. The van der Waals surface area contributed by atoms with Gasteiger partial charge in [-0.15, -0.1) is 0 Å². The molecular weight excluding hydrogens is 260 g/mol. The highest BCUT2D eigenvalue weighted by molar-refractivity contribution is 5.53. The molecule has 0 radical (unpaired) electrons. The summed E-state index contributed by atoms with van der Waals surface area (Å²) in [5, 5.41) is 32.1. The predicted octanol–water partition coefficient (Wildman–Crippen LogP) is 2.47. The van der Waals surface area contributed by atoms with Crippen LogP contribution in [0, 0.1) is 32.8 Å². The van der Waals surface area contributed by atoms with E-state index in [2.05, 4.69) is 5.32 Å². The first-order chi connectivity index (χ1) is 9.49. The van der Waals surface area contributed by atoms with Gasteiger partial charge in [-0.1, -0.05) is 0 Å². The summed E-state index contributed by atoms with van der Waals surface area (Å²) in [6, 6.07) is 6.69. The van der Waals surface area contributed by atoms with Crippen molar-refractivity contribution in [3.63, 3.8) is 0 Å². The normalized spacial score (nSPS) is 15.6. The van der Waals surface area contributed by atoms with Crippen LogP contribution in [0.15, 0.2) is 39.1 Å². The van der Waals surface area contributed by atoms with Gasteiger partial charge in [-0.25, -0.2) is 0 Å². The van der Waals surface area contributed by atoms with E-state index in [1.807, 2.05) is 12.1 Å². The second kappa shape index (κ2) is 4.90. The molecule has 7 nitrogen and oxygen atoms in total. The Bertz CT molecular complexity index is 692. The second-order valence-electron chi connectivity index (χ2n) is 4.29. The topological polar surface area (TPSA) is 116 Å². The van der Waals surface area contributed by atoms with Gasteiger partial charge in [-0.05, 0) is 19.9 Å². The van der Waals surface area contributed by atoms with Crippen LogP contribution in [0.5, 0.6) is 0 Å². The van der Waals surface area contributed by atoms with Gasteiger partial charge in [0.25, 0.3) is 0 Å². The summed E-state index contributed by atoms with van der Waals surface area (Å²) in [5.41, 5.74) is 1.84. The van der Waals surface area contributed by atoms with Crippen molar-refractivity contribution in [3.05, 3.63) is 50.5 Å². The maximum Gasteiger partial charge on any atom is 0.433 e. The van der Waals surface area contributed by atoms with Gasteiger partial charge < -0.3 is 9.73 Å². The van der Waals surface area contributed by atoms with Crippen molar-refractivity contribution >= 4 is 5.88 Å². The van der Waals surface area contributed by atoms with E-state index in [4.69, 9.17) is 4.42 Å². The summed E-state index contributed by atoms with van der Waals surface area (Å²) in [6.07, 6.45) is 0. The Morgan fingerprint density at radius 2 is 1.80 bits per heavy atom. The van der Waals surface area contributed by atoms with Crippen LogP contribution in [-0.2, 0) is 0 Å². The molecule has 0 saturated carbocycles. The number of hydrogen-bond donors (Lipinski definition) is 1. The smallest absolute Gasteiger partial charge is 0.405 e. The summed E-state index contributed by atoms with van der Waals surface area (Å²) >= 11 is 0. The van der Waals surface area contributed by atoms with Gasteiger partial charge in [0.2, 0.25) is 0 Å². The number of nitriles is 2. The zero-order valence-corrected chi connectivity index (χ0v) is 10.8. The molecule has 1 aromatic heterocycles. The van der Waals surface area contributed by atoms with Crippen LogP contribution in [0.4, 0.5) is 5.88 Å². The maximum absolute atomic E-state index is 10.7. The standard InChI is InChI=1S/C13H10N4O3/c1-7-9(5-14)13(10(6-15)8(2)16-7)11-3-4-12(20-11)17(18)19/h3-4,13,16H,1-2H3. The molecule has 0 saturated heterocycles. The number of nitrogens with one attached hydrogen (secondary N) is 1. The minimum Gasteiger partial charge on any atom is -0.405 e. The average Bonchev–Trinajstić information content (AvgIpc) is 2.87. The van der Waals surface area contributed by atoms with Gasteiger partial charge in [-0.3, -0.25) is 10.1 Å². The molecule has 0 aliphatic carbocycles. The number of dihydropyridines is 1. The Labute approximate surface area is 114 Å². The molecule has 0 atom stereocenters. The molecule has 7 heteroatoms. The predicted molar refractivity (Wildman–Crippen MR) is 67.9 cm³/mol. The molecule has 1 aliphatic heterocycles. The SMILES string of the molecule is CC1=C(C#N)C(c2ccc([N+](=O)[O-])o2)C(C#N)=C(C)N1. The van der Waals surface area contributed by atoms with Crippen LogP contribution in [-0.4, -0.2) is 4.92 Å². The first-order valence-corrected chi connectivity index (χ1v) is 5.72. The van der Waals surface area contributed by atoms with E-state index < -0.39 is 16.7 Å². The van der Waals surface area contributed by atoms with Crippen LogP contribution < -0.4 is 5.32 Å². The minimum atomic E-state index is -0.708. The number of allylic oxidation sites excluding steroid dienone is 4. The van der Waals surface area contributed by atoms with Crippen molar-refractivity contribution < 1.29 is 9.34 Å². The molecule has 0 spiro atoms. The molecule has 100 valence electrons. The number of furan rings is 1. The Kier molecular flexibility index (Phi) is 3.28. The van der Waals surface area contributed by atoms with E-state index >= 15 is 0 Å². The number of rotatable bonds is 2. The highest BCUT2D eigenvalue weighted by Gasteiger charge is 2.32. The minimum absolute atomic E-state index is 0.213. The molecule has 0 unspecified atom stereocenters. The lowest BCUT2D eigenvalue weighted by Gasteiger charge is -2.24. The van der Waals surface area contributed by atoms with Gasteiger partial charge in [-0.2, -0.15) is 10.5 Å². The van der Waals surface area contributed by atoms with Crippen LogP contribution >= 0.6 is 0 Å². The number of hydrogen-bond acceptors (Lipinski definition) is 6. The van der Waals surface area contributed by atoms with E-state index in [1.165, 1.54) is 12.1 Å². The van der Waals surface area contributed by atoms with Crippen molar-refractivity contribution in [2.45, 2.75) is 19.8 Å². The maximum atomic E-state index is 10.7. The van der Waals surface area contributed by atoms with E-state index in [0.29, 0.717) is 22.5 Å². The van der Waals surface area contributed by atoms with Gasteiger partial charge in [0.15, 0.2) is 0 Å². The highest BCUT2D eigenvalue weighted by atomic mass is 16.6. The first kappa shape index (κ1) is 13.4. The molecule has 0 fully saturated rings. The van der Waals surface area contributed by atoms with E-state index in [-0.39, 0.29) is 5.76 Å². The molecular formula is C13H10N4O3. The van der Waals surface area contributed by atoms with Crippen LogP contribution in [0.1, 0.15) is 25.5 Å². The summed E-state index contributed by atoms with van der Waals surface area (Å²) in [5.74, 6) is -0.909. The lowest BCUT2D eigenvalue weighted by molar-refractivity contribution is -0.402. The van der Waals surface area contributed by atoms with Crippen molar-refractivity contribution in [2.75, 3.05) is 0 Å². The van der Waals surface area contributed by atoms with Gasteiger partial charge in [0.05, 0.1) is 35.3 Å². The third-order valence-corrected chi connectivity index (χ3v) is 3.08. The Morgan fingerprint density at radius 1 is 1.25 bits per heavy atom. The van der Waals surface area contributed by atoms with Crippen molar-refractivity contribution in [2.24, 2.45) is 0 Å². The molecule has 1 N–H and O–H groups in total. The summed E-state index contributed by atoms with van der Waals surface area (Å²) < 4.78 is 5.15. The molecule has 0 bridgehead atoms. The number of nitro groups is 1. The van der Waals surface area contributed by atoms with Gasteiger partial charge in [0, 0.05) is 11.4 Å². The van der Waals surface area contributed by atoms with Crippen LogP contribution in [0.2, 0.25) is 0 Å². The fourth-order valence-corrected chi connectivity index (χ4v) is 2.17. The fourth-order valence-electron chi connectivity index (χ4n) is 2.17. The summed E-state index contributed by atoms with van der Waals surface area (Å²) in [6.45, 7) is 3.42. The summed E-state index contributed by atoms with van der Waals surface area (Å²) in [7, 11) is 0. The Hall–Kier alpha value is -3.06. The molecule has 1 aromatic rings. The molecule has 0 amide bonds. The zero-order valence-electron chi connectivity index (χ0n) is 10.8. The van der Waals surface area contributed by atoms with Crippen molar-refractivity contribution in [3.8, 4) is 12.1 Å². The largest absolute Gasteiger partial charge is 0.433 e. The van der Waals surface area contributed by atoms with Crippen LogP contribution in [0.25, 0.3) is 0 Å². The van der Waals surface area contributed by atoms with Crippen molar-refractivity contribution in [1.82, 2.24) is 5.32 Å². The molecule has 2 heterocycles. The molecule has 0 aromatic carbocycles. The van der Waals surface area contributed by atoms with Crippen LogP contribution in [0.3, 0.4) is 0 Å². The molecule has 20 heavy (non-hydrogen) atoms. The van der Waals surface area contributed by atoms with E-state index in [9.17, 15) is 20.6 Å².